The van der Waals surface area contributed by atoms with Crippen molar-refractivity contribution < 1.29 is 14.4 Å². The molecule has 31 heavy (non-hydrogen) atoms. The van der Waals surface area contributed by atoms with Gasteiger partial charge in [0, 0.05) is 26.2 Å². The molecule has 4 amide bonds. The molecule has 1 aromatic rings. The van der Waals surface area contributed by atoms with E-state index in [0.29, 0.717) is 18.4 Å². The highest BCUT2D eigenvalue weighted by Gasteiger charge is 2.56. The Morgan fingerprint density at radius 2 is 1.77 bits per heavy atom. The van der Waals surface area contributed by atoms with Crippen LogP contribution in [0.4, 0.5) is 4.79 Å². The molecule has 2 heterocycles. The van der Waals surface area contributed by atoms with Gasteiger partial charge in [-0.05, 0) is 55.1 Å². The van der Waals surface area contributed by atoms with Gasteiger partial charge in [-0.3, -0.25) is 19.4 Å². The minimum absolute atomic E-state index is 0.184. The van der Waals surface area contributed by atoms with Gasteiger partial charge in [-0.25, -0.2) is 4.79 Å². The van der Waals surface area contributed by atoms with E-state index in [9.17, 15) is 14.4 Å². The number of piperidine rings is 1. The van der Waals surface area contributed by atoms with Crippen LogP contribution in [0.1, 0.15) is 51.2 Å². The predicted octanol–water partition coefficient (Wildman–Crippen LogP) is 2.50. The van der Waals surface area contributed by atoms with Gasteiger partial charge in [0.1, 0.15) is 12.1 Å². The minimum Gasteiger partial charge on any atom is -0.350 e. The number of hydrogen-bond donors (Lipinski definition) is 2. The van der Waals surface area contributed by atoms with Gasteiger partial charge in [0.05, 0.1) is 0 Å². The molecule has 0 bridgehead atoms. The molecule has 7 nitrogen and oxygen atoms in total. The van der Waals surface area contributed by atoms with Crippen LogP contribution in [0.3, 0.4) is 0 Å². The van der Waals surface area contributed by atoms with Crippen molar-refractivity contribution in [3.05, 3.63) is 35.4 Å². The Morgan fingerprint density at radius 1 is 1.13 bits per heavy atom. The average molecular weight is 427 g/mol. The molecule has 0 unspecified atom stereocenters. The van der Waals surface area contributed by atoms with E-state index in [1.165, 1.54) is 12.0 Å². The molecular weight excluding hydrogens is 392 g/mol. The lowest BCUT2D eigenvalue weighted by Gasteiger charge is -2.35. The van der Waals surface area contributed by atoms with E-state index >= 15 is 0 Å². The van der Waals surface area contributed by atoms with Crippen molar-refractivity contribution >= 4 is 17.8 Å². The Kier molecular flexibility index (Phi) is 6.06. The van der Waals surface area contributed by atoms with Gasteiger partial charge in [-0.15, -0.1) is 0 Å². The first-order valence-corrected chi connectivity index (χ1v) is 11.5. The van der Waals surface area contributed by atoms with E-state index in [2.05, 4.69) is 35.4 Å². The highest BCUT2D eigenvalue weighted by molar-refractivity contribution is 6.09. The molecule has 2 saturated heterocycles. The highest BCUT2D eigenvalue weighted by Crippen LogP contribution is 2.42. The Morgan fingerprint density at radius 3 is 2.42 bits per heavy atom. The van der Waals surface area contributed by atoms with Gasteiger partial charge in [-0.1, -0.05) is 38.1 Å². The van der Waals surface area contributed by atoms with Crippen LogP contribution in [0.15, 0.2) is 24.3 Å². The van der Waals surface area contributed by atoms with Crippen molar-refractivity contribution in [2.45, 2.75) is 58.7 Å². The van der Waals surface area contributed by atoms with Crippen LogP contribution in [0.25, 0.3) is 0 Å². The largest absolute Gasteiger partial charge is 0.350 e. The van der Waals surface area contributed by atoms with Crippen molar-refractivity contribution in [2.75, 3.05) is 19.6 Å². The Hall–Kier alpha value is -2.41. The van der Waals surface area contributed by atoms with E-state index in [1.54, 1.807) is 6.92 Å². The molecular formula is C24H34N4O3. The van der Waals surface area contributed by atoms with E-state index < -0.39 is 11.6 Å². The highest BCUT2D eigenvalue weighted by atomic mass is 16.2. The van der Waals surface area contributed by atoms with Crippen LogP contribution in [0.5, 0.6) is 0 Å². The molecule has 4 rings (SSSR count). The summed E-state index contributed by atoms with van der Waals surface area (Å²) in [6.07, 6.45) is 3.15. The number of nitrogens with one attached hydrogen (secondary N) is 2. The average Bonchev–Trinajstić information content (AvgIpc) is 3.53. The second-order valence-corrected chi connectivity index (χ2v) is 9.98. The molecule has 168 valence electrons. The summed E-state index contributed by atoms with van der Waals surface area (Å²) in [6, 6.07) is 7.69. The fourth-order valence-corrected chi connectivity index (χ4v) is 5.24. The van der Waals surface area contributed by atoms with Gasteiger partial charge in [0.25, 0.3) is 5.91 Å². The molecule has 1 aromatic carbocycles. The molecule has 7 heteroatoms. The standard InChI is InChI=1S/C24H34N4O3/c1-16-10-17(2)13-27(12-16)14-19-7-5-4-6-18(19)11-25-21(29)15-28-22(30)24(3,20-8-9-20)26-23(28)31/h4-7,16-17,20H,8-15H2,1-3H3,(H,25,29)(H,26,31)/t16-,17-,24-/m1/s1. The van der Waals surface area contributed by atoms with E-state index in [0.717, 1.165) is 42.9 Å². The van der Waals surface area contributed by atoms with Gasteiger partial charge in [-0.2, -0.15) is 0 Å². The van der Waals surface area contributed by atoms with Gasteiger partial charge < -0.3 is 10.6 Å². The zero-order valence-electron chi connectivity index (χ0n) is 18.8. The first-order valence-electron chi connectivity index (χ1n) is 11.5. The molecule has 3 atom stereocenters. The summed E-state index contributed by atoms with van der Waals surface area (Å²) in [7, 11) is 0. The molecule has 3 fully saturated rings. The van der Waals surface area contributed by atoms with Crippen LogP contribution in [0, 0.1) is 17.8 Å². The normalized spacial score (nSPS) is 29.2. The number of rotatable bonds is 7. The van der Waals surface area contributed by atoms with Crippen LogP contribution in [0.2, 0.25) is 0 Å². The van der Waals surface area contributed by atoms with Gasteiger partial charge in [0.15, 0.2) is 0 Å². The zero-order chi connectivity index (χ0) is 22.2. The van der Waals surface area contributed by atoms with Crippen molar-refractivity contribution in [3.63, 3.8) is 0 Å². The third-order valence-electron chi connectivity index (χ3n) is 6.93. The summed E-state index contributed by atoms with van der Waals surface area (Å²) >= 11 is 0. The molecule has 2 N–H and O–H groups in total. The first kappa shape index (κ1) is 21.8. The third kappa shape index (κ3) is 4.76. The number of urea groups is 1. The molecule has 1 aliphatic carbocycles. The SMILES string of the molecule is C[C@@H]1C[C@@H](C)CN(Cc2ccccc2CNC(=O)CN2C(=O)N[C@](C)(C3CC3)C2=O)C1. The third-order valence-corrected chi connectivity index (χ3v) is 6.93. The smallest absolute Gasteiger partial charge is 0.325 e. The fraction of sp³-hybridized carbons (Fsp3) is 0.625. The Balaban J connectivity index is 1.34. The minimum atomic E-state index is -0.854. The van der Waals surface area contributed by atoms with Crippen LogP contribution in [-0.2, 0) is 22.7 Å². The predicted molar refractivity (Wildman–Crippen MR) is 118 cm³/mol. The zero-order valence-corrected chi connectivity index (χ0v) is 18.8. The Bertz CT molecular complexity index is 858. The molecule has 3 aliphatic rings. The van der Waals surface area contributed by atoms with Crippen molar-refractivity contribution in [3.8, 4) is 0 Å². The van der Waals surface area contributed by atoms with Gasteiger partial charge in [0.2, 0.25) is 5.91 Å². The summed E-state index contributed by atoms with van der Waals surface area (Å²) in [4.78, 5) is 41.1. The number of imide groups is 1. The maximum atomic E-state index is 12.7. The molecule has 2 aliphatic heterocycles. The van der Waals surface area contributed by atoms with E-state index in [1.807, 2.05) is 18.2 Å². The molecule has 0 radical (unpaired) electrons. The number of carbonyl (C=O) groups is 3. The second-order valence-electron chi connectivity index (χ2n) is 9.98. The number of nitrogens with zero attached hydrogens (tertiary/aromatic N) is 2. The molecule has 0 aromatic heterocycles. The van der Waals surface area contributed by atoms with Gasteiger partial charge >= 0.3 is 6.03 Å². The lowest BCUT2D eigenvalue weighted by molar-refractivity contribution is -0.135. The summed E-state index contributed by atoms with van der Waals surface area (Å²) in [5.41, 5.74) is 1.43. The lowest BCUT2D eigenvalue weighted by Crippen LogP contribution is -2.47. The summed E-state index contributed by atoms with van der Waals surface area (Å²) in [5.74, 6) is 0.966. The van der Waals surface area contributed by atoms with Crippen LogP contribution in [-0.4, -0.2) is 52.8 Å². The molecule has 1 saturated carbocycles. The lowest BCUT2D eigenvalue weighted by atomic mass is 9.91. The Labute approximate surface area is 184 Å². The van der Waals surface area contributed by atoms with Crippen molar-refractivity contribution in [1.82, 2.24) is 20.4 Å². The molecule has 0 spiro atoms. The fourth-order valence-electron chi connectivity index (χ4n) is 5.24. The van der Waals surface area contributed by atoms with E-state index in [4.69, 9.17) is 0 Å². The summed E-state index contributed by atoms with van der Waals surface area (Å²) in [6.45, 7) is 9.58. The van der Waals surface area contributed by atoms with Crippen LogP contribution < -0.4 is 10.6 Å². The maximum Gasteiger partial charge on any atom is 0.325 e. The second kappa shape index (κ2) is 8.61. The first-order chi connectivity index (χ1) is 14.8. The van der Waals surface area contributed by atoms with Crippen molar-refractivity contribution in [2.24, 2.45) is 17.8 Å². The monoisotopic (exact) mass is 426 g/mol. The summed E-state index contributed by atoms with van der Waals surface area (Å²) in [5, 5.41) is 5.69. The topological polar surface area (TPSA) is 81.8 Å². The number of benzene rings is 1. The summed E-state index contributed by atoms with van der Waals surface area (Å²) < 4.78 is 0. The number of carbonyl (C=O) groups excluding carboxylic acids is 3. The number of amides is 4. The maximum absolute atomic E-state index is 12.7. The van der Waals surface area contributed by atoms with Crippen molar-refractivity contribution in [1.29, 1.82) is 0 Å². The van der Waals surface area contributed by atoms with Crippen LogP contribution >= 0.6 is 0 Å². The van der Waals surface area contributed by atoms with E-state index in [-0.39, 0.29) is 24.3 Å². The number of likely N-dealkylation sites (tertiary alicyclic amines) is 1. The quantitative estimate of drug-likeness (QED) is 0.657. The number of hydrogen-bond acceptors (Lipinski definition) is 4.